The second-order valence-corrected chi connectivity index (χ2v) is 6.03. The predicted octanol–water partition coefficient (Wildman–Crippen LogP) is 0.0598. The summed E-state index contributed by atoms with van der Waals surface area (Å²) in [6, 6.07) is 5.81. The summed E-state index contributed by atoms with van der Waals surface area (Å²) in [5, 5.41) is 10.6. The number of ether oxygens (including phenoxy) is 1. The van der Waals surface area contributed by atoms with Gasteiger partial charge < -0.3 is 15.2 Å². The zero-order valence-electron chi connectivity index (χ0n) is 10.8. The normalized spacial score (nSPS) is 10.8. The van der Waals surface area contributed by atoms with Crippen LogP contribution in [0.5, 0.6) is 5.75 Å². The summed E-state index contributed by atoms with van der Waals surface area (Å²) in [4.78, 5) is 21.6. The average molecular weight is 301 g/mol. The summed E-state index contributed by atoms with van der Waals surface area (Å²) in [6.45, 7) is -0.356. The number of carboxylic acids is 1. The lowest BCUT2D eigenvalue weighted by atomic mass is 10.3. The van der Waals surface area contributed by atoms with Crippen LogP contribution in [-0.4, -0.2) is 44.8 Å². The van der Waals surface area contributed by atoms with Gasteiger partial charge in [0, 0.05) is 6.26 Å². The number of carbonyl (C=O) groups is 2. The number of hydrogen-bond acceptors (Lipinski definition) is 5. The maximum atomic E-state index is 11.2. The molecule has 0 aromatic heterocycles. The quantitative estimate of drug-likeness (QED) is 0.737. The van der Waals surface area contributed by atoms with E-state index in [1.807, 2.05) is 0 Å². The van der Waals surface area contributed by atoms with Crippen LogP contribution in [0.25, 0.3) is 0 Å². The standard InChI is InChI=1S/C12H15NO6S/c1-20(17,18)10-4-2-9(3-5-10)19-7-6-11(14)13-8-12(15)16/h2-5H,6-8H2,1H3,(H,13,14)(H,15,16). The molecular formula is C12H15NO6S. The van der Waals surface area contributed by atoms with Crippen LogP contribution in [0, 0.1) is 0 Å². The van der Waals surface area contributed by atoms with E-state index < -0.39 is 28.3 Å². The predicted molar refractivity (Wildman–Crippen MR) is 70.3 cm³/mol. The maximum absolute atomic E-state index is 11.2. The van der Waals surface area contributed by atoms with Gasteiger partial charge in [0.25, 0.3) is 0 Å². The third-order valence-electron chi connectivity index (χ3n) is 2.29. The molecule has 0 spiro atoms. The van der Waals surface area contributed by atoms with Gasteiger partial charge >= 0.3 is 5.97 Å². The van der Waals surface area contributed by atoms with E-state index in [2.05, 4.69) is 5.32 Å². The molecule has 0 aliphatic rings. The highest BCUT2D eigenvalue weighted by molar-refractivity contribution is 7.90. The molecule has 2 N–H and O–H groups in total. The van der Waals surface area contributed by atoms with Gasteiger partial charge in [0.05, 0.1) is 17.9 Å². The number of amides is 1. The van der Waals surface area contributed by atoms with Gasteiger partial charge in [-0.3, -0.25) is 9.59 Å². The lowest BCUT2D eigenvalue weighted by molar-refractivity contribution is -0.138. The molecule has 0 aliphatic carbocycles. The first-order chi connectivity index (χ1) is 9.29. The second-order valence-electron chi connectivity index (χ2n) is 4.01. The van der Waals surface area contributed by atoms with E-state index in [4.69, 9.17) is 9.84 Å². The van der Waals surface area contributed by atoms with Gasteiger partial charge in [0.2, 0.25) is 5.91 Å². The SMILES string of the molecule is CS(=O)(=O)c1ccc(OCCC(=O)NCC(=O)O)cc1. The van der Waals surface area contributed by atoms with Crippen LogP contribution >= 0.6 is 0 Å². The minimum atomic E-state index is -3.24. The van der Waals surface area contributed by atoms with Gasteiger partial charge in [0.15, 0.2) is 9.84 Å². The fourth-order valence-electron chi connectivity index (χ4n) is 1.31. The van der Waals surface area contributed by atoms with Crippen LogP contribution in [-0.2, 0) is 19.4 Å². The van der Waals surface area contributed by atoms with E-state index in [-0.39, 0.29) is 17.9 Å². The zero-order chi connectivity index (χ0) is 15.2. The van der Waals surface area contributed by atoms with Crippen LogP contribution in [0.15, 0.2) is 29.2 Å². The molecule has 0 saturated heterocycles. The number of benzene rings is 1. The van der Waals surface area contributed by atoms with Gasteiger partial charge in [-0.1, -0.05) is 0 Å². The summed E-state index contributed by atoms with van der Waals surface area (Å²) in [6.07, 6.45) is 1.12. The van der Waals surface area contributed by atoms with Crippen molar-refractivity contribution in [2.75, 3.05) is 19.4 Å². The summed E-state index contributed by atoms with van der Waals surface area (Å²) in [5.41, 5.74) is 0. The van der Waals surface area contributed by atoms with Crippen molar-refractivity contribution in [2.24, 2.45) is 0 Å². The molecule has 0 atom stereocenters. The summed E-state index contributed by atoms with van der Waals surface area (Å²) < 4.78 is 27.7. The van der Waals surface area contributed by atoms with E-state index >= 15 is 0 Å². The lowest BCUT2D eigenvalue weighted by Gasteiger charge is -2.06. The molecule has 1 amide bonds. The van der Waals surface area contributed by atoms with Crippen LogP contribution in [0.4, 0.5) is 0 Å². The number of rotatable bonds is 7. The van der Waals surface area contributed by atoms with Crippen LogP contribution in [0.3, 0.4) is 0 Å². The van der Waals surface area contributed by atoms with Gasteiger partial charge in [-0.05, 0) is 24.3 Å². The van der Waals surface area contributed by atoms with Crippen molar-refractivity contribution in [1.82, 2.24) is 5.32 Å². The molecule has 0 fully saturated rings. The third-order valence-corrected chi connectivity index (χ3v) is 3.41. The lowest BCUT2D eigenvalue weighted by Crippen LogP contribution is -2.30. The van der Waals surface area contributed by atoms with Crippen LogP contribution in [0.2, 0.25) is 0 Å². The molecular weight excluding hydrogens is 286 g/mol. The first kappa shape index (κ1) is 16.0. The smallest absolute Gasteiger partial charge is 0.322 e. The van der Waals surface area contributed by atoms with Gasteiger partial charge in [-0.25, -0.2) is 8.42 Å². The molecule has 0 bridgehead atoms. The monoisotopic (exact) mass is 301 g/mol. The molecule has 0 unspecified atom stereocenters. The molecule has 7 nitrogen and oxygen atoms in total. The second kappa shape index (κ2) is 6.90. The van der Waals surface area contributed by atoms with Crippen molar-refractivity contribution in [3.63, 3.8) is 0 Å². The number of aliphatic carboxylic acids is 1. The highest BCUT2D eigenvalue weighted by Gasteiger charge is 2.07. The Morgan fingerprint density at radius 3 is 2.35 bits per heavy atom. The largest absolute Gasteiger partial charge is 0.493 e. The molecule has 1 aromatic carbocycles. The van der Waals surface area contributed by atoms with Crippen molar-refractivity contribution in [2.45, 2.75) is 11.3 Å². The van der Waals surface area contributed by atoms with E-state index in [1.165, 1.54) is 24.3 Å². The zero-order valence-corrected chi connectivity index (χ0v) is 11.6. The molecule has 110 valence electrons. The summed E-state index contributed by atoms with van der Waals surface area (Å²) in [7, 11) is -3.24. The molecule has 0 aliphatic heterocycles. The Morgan fingerprint density at radius 2 is 1.85 bits per heavy atom. The fourth-order valence-corrected chi connectivity index (χ4v) is 1.94. The summed E-state index contributed by atoms with van der Waals surface area (Å²) >= 11 is 0. The van der Waals surface area contributed by atoms with Gasteiger partial charge in [-0.15, -0.1) is 0 Å². The first-order valence-electron chi connectivity index (χ1n) is 5.70. The van der Waals surface area contributed by atoms with Gasteiger partial charge in [0.1, 0.15) is 12.3 Å². The highest BCUT2D eigenvalue weighted by Crippen LogP contribution is 2.15. The number of carboxylic acid groups (broad SMARTS) is 1. The van der Waals surface area contributed by atoms with Crippen molar-refractivity contribution in [1.29, 1.82) is 0 Å². The molecule has 0 heterocycles. The molecule has 20 heavy (non-hydrogen) atoms. The molecule has 0 saturated carbocycles. The first-order valence-corrected chi connectivity index (χ1v) is 7.59. The van der Waals surface area contributed by atoms with Crippen molar-refractivity contribution < 1.29 is 27.9 Å². The summed E-state index contributed by atoms with van der Waals surface area (Å²) in [5.74, 6) is -1.11. The minimum Gasteiger partial charge on any atom is -0.493 e. The minimum absolute atomic E-state index is 0.0150. The number of carbonyl (C=O) groups excluding carboxylic acids is 1. The highest BCUT2D eigenvalue weighted by atomic mass is 32.2. The van der Waals surface area contributed by atoms with Crippen molar-refractivity contribution in [3.05, 3.63) is 24.3 Å². The van der Waals surface area contributed by atoms with Gasteiger partial charge in [-0.2, -0.15) is 0 Å². The Balaban J connectivity index is 2.39. The molecule has 0 radical (unpaired) electrons. The molecule has 1 rings (SSSR count). The molecule has 1 aromatic rings. The Morgan fingerprint density at radius 1 is 1.25 bits per heavy atom. The topological polar surface area (TPSA) is 110 Å². The Labute approximate surface area is 116 Å². The number of hydrogen-bond donors (Lipinski definition) is 2. The van der Waals surface area contributed by atoms with E-state index in [9.17, 15) is 18.0 Å². The average Bonchev–Trinajstić information content (AvgIpc) is 2.36. The van der Waals surface area contributed by atoms with E-state index in [1.54, 1.807) is 0 Å². The van der Waals surface area contributed by atoms with Crippen molar-refractivity contribution in [3.8, 4) is 5.75 Å². The fraction of sp³-hybridized carbons (Fsp3) is 0.333. The third kappa shape index (κ3) is 5.70. The Bertz CT molecular complexity index is 578. The molecule has 8 heteroatoms. The maximum Gasteiger partial charge on any atom is 0.322 e. The van der Waals surface area contributed by atoms with E-state index in [0.29, 0.717) is 5.75 Å². The number of nitrogens with one attached hydrogen (secondary N) is 1. The Hall–Kier alpha value is -2.09. The van der Waals surface area contributed by atoms with E-state index in [0.717, 1.165) is 6.26 Å². The van der Waals surface area contributed by atoms with Crippen molar-refractivity contribution >= 4 is 21.7 Å². The van der Waals surface area contributed by atoms with Crippen LogP contribution < -0.4 is 10.1 Å². The van der Waals surface area contributed by atoms with Crippen LogP contribution in [0.1, 0.15) is 6.42 Å². The number of sulfone groups is 1. The Kier molecular flexibility index (Phi) is 5.51.